The van der Waals surface area contributed by atoms with E-state index in [1.165, 1.54) is 26.2 Å². The first kappa shape index (κ1) is 24.7. The summed E-state index contributed by atoms with van der Waals surface area (Å²) in [6.07, 6.45) is 0. The molecule has 3 fully saturated rings. The topological polar surface area (TPSA) is 19.4 Å². The Morgan fingerprint density at radius 2 is 1.27 bits per heavy atom. The maximum absolute atomic E-state index is 2.80. The molecule has 4 atom stereocenters. The molecule has 3 aliphatic heterocycles. The molecule has 0 radical (unpaired) electrons. The second-order valence-electron chi connectivity index (χ2n) is 10.9. The molecule has 0 aromatic heterocycles. The van der Waals surface area contributed by atoms with Crippen LogP contribution in [0.4, 0.5) is 0 Å². The highest BCUT2D eigenvalue weighted by Crippen LogP contribution is 2.34. The lowest BCUT2D eigenvalue weighted by Crippen LogP contribution is -2.70. The minimum atomic E-state index is 0.104. The molecule has 3 rings (SSSR count). The van der Waals surface area contributed by atoms with E-state index in [0.717, 1.165) is 26.2 Å². The Hall–Kier alpha value is 0.110. The first-order valence-electron chi connectivity index (χ1n) is 12.2. The highest BCUT2D eigenvalue weighted by molar-refractivity contribution is 7.94. The molecule has 3 heterocycles. The average Bonchev–Trinajstić information content (AvgIpc) is 2.64. The molecule has 0 spiro atoms. The van der Waals surface area contributed by atoms with Crippen LogP contribution in [0.25, 0.3) is 0 Å². The van der Waals surface area contributed by atoms with Gasteiger partial charge in [-0.25, -0.2) is 8.61 Å². The smallest absolute Gasteiger partial charge is 0.0686 e. The van der Waals surface area contributed by atoms with E-state index in [1.54, 1.807) is 0 Å². The standard InChI is InChI=1S/C23H48N6S/c1-18(2)25-10-12-26(13-11-25)23(7,8)28-19(3)16-27(17-20(28)4)30-29-21(5)14-24(9)15-22(29)6/h18-22H,10-17H2,1-9H3. The lowest BCUT2D eigenvalue weighted by atomic mass is 10.0. The molecule has 7 heteroatoms. The van der Waals surface area contributed by atoms with Crippen molar-refractivity contribution in [3.05, 3.63) is 0 Å². The average molecular weight is 441 g/mol. The van der Waals surface area contributed by atoms with E-state index >= 15 is 0 Å². The zero-order valence-electron chi connectivity index (χ0n) is 21.1. The zero-order valence-corrected chi connectivity index (χ0v) is 22.0. The van der Waals surface area contributed by atoms with E-state index in [2.05, 4.69) is 90.6 Å². The Kier molecular flexibility index (Phi) is 8.20. The van der Waals surface area contributed by atoms with Crippen LogP contribution in [-0.2, 0) is 0 Å². The molecule has 0 N–H and O–H groups in total. The fourth-order valence-corrected chi connectivity index (χ4v) is 7.52. The largest absolute Gasteiger partial charge is 0.303 e. The first-order valence-corrected chi connectivity index (χ1v) is 12.9. The third kappa shape index (κ3) is 5.36. The molecule has 176 valence electrons. The number of hydrogen-bond acceptors (Lipinski definition) is 7. The van der Waals surface area contributed by atoms with Crippen LogP contribution >= 0.6 is 12.1 Å². The van der Waals surface area contributed by atoms with Crippen molar-refractivity contribution in [2.75, 3.05) is 59.4 Å². The summed E-state index contributed by atoms with van der Waals surface area (Å²) in [5.41, 5.74) is 0.104. The monoisotopic (exact) mass is 440 g/mol. The normalized spacial score (nSPS) is 35.4. The number of hydrogen-bond donors (Lipinski definition) is 0. The summed E-state index contributed by atoms with van der Waals surface area (Å²) in [6.45, 7) is 28.5. The summed E-state index contributed by atoms with van der Waals surface area (Å²) < 4.78 is 5.28. The molecular formula is C23H48N6S. The number of likely N-dealkylation sites (N-methyl/N-ethyl adjacent to an activating group) is 1. The number of rotatable bonds is 5. The van der Waals surface area contributed by atoms with Crippen molar-refractivity contribution in [2.24, 2.45) is 0 Å². The van der Waals surface area contributed by atoms with Gasteiger partial charge >= 0.3 is 0 Å². The van der Waals surface area contributed by atoms with Gasteiger partial charge in [0.05, 0.1) is 5.66 Å². The van der Waals surface area contributed by atoms with Gasteiger partial charge in [-0.2, -0.15) is 0 Å². The van der Waals surface area contributed by atoms with Crippen LogP contribution in [0.5, 0.6) is 0 Å². The van der Waals surface area contributed by atoms with Crippen LogP contribution in [0.1, 0.15) is 55.4 Å². The van der Waals surface area contributed by atoms with Crippen LogP contribution in [0.3, 0.4) is 0 Å². The van der Waals surface area contributed by atoms with E-state index in [0.29, 0.717) is 30.2 Å². The summed E-state index contributed by atoms with van der Waals surface area (Å²) >= 11 is 2.01. The summed E-state index contributed by atoms with van der Waals surface area (Å²) in [6, 6.07) is 2.96. The van der Waals surface area contributed by atoms with Gasteiger partial charge in [0.15, 0.2) is 0 Å². The summed E-state index contributed by atoms with van der Waals surface area (Å²) in [5.74, 6) is 0. The Morgan fingerprint density at radius 1 is 0.767 bits per heavy atom. The van der Waals surface area contributed by atoms with Gasteiger partial charge in [-0.1, -0.05) is 0 Å². The Labute approximate surface area is 191 Å². The van der Waals surface area contributed by atoms with Crippen LogP contribution in [-0.4, -0.2) is 123 Å². The van der Waals surface area contributed by atoms with Gasteiger partial charge in [-0.3, -0.25) is 14.7 Å². The molecule has 0 saturated carbocycles. The Bertz CT molecular complexity index is 526. The highest BCUT2D eigenvalue weighted by Gasteiger charge is 2.44. The molecular weight excluding hydrogens is 392 g/mol. The molecule has 0 aliphatic carbocycles. The second-order valence-corrected chi connectivity index (χ2v) is 12.0. The summed E-state index contributed by atoms with van der Waals surface area (Å²) in [7, 11) is 2.25. The van der Waals surface area contributed by atoms with Crippen molar-refractivity contribution in [3.63, 3.8) is 0 Å². The van der Waals surface area contributed by atoms with Gasteiger partial charge in [0, 0.05) is 94.7 Å². The van der Waals surface area contributed by atoms with Gasteiger partial charge < -0.3 is 4.90 Å². The van der Waals surface area contributed by atoms with Crippen molar-refractivity contribution in [3.8, 4) is 0 Å². The molecule has 0 aromatic carbocycles. The molecule has 0 aromatic rings. The van der Waals surface area contributed by atoms with E-state index in [-0.39, 0.29) is 5.66 Å². The van der Waals surface area contributed by atoms with Gasteiger partial charge in [-0.15, -0.1) is 0 Å². The molecule has 30 heavy (non-hydrogen) atoms. The second kappa shape index (κ2) is 9.94. The quantitative estimate of drug-likeness (QED) is 0.605. The molecule has 3 aliphatic rings. The van der Waals surface area contributed by atoms with Gasteiger partial charge in [0.25, 0.3) is 0 Å². The summed E-state index contributed by atoms with van der Waals surface area (Å²) in [4.78, 5) is 10.6. The van der Waals surface area contributed by atoms with Gasteiger partial charge in [0.1, 0.15) is 0 Å². The molecule has 3 saturated heterocycles. The van der Waals surface area contributed by atoms with Crippen LogP contribution < -0.4 is 0 Å². The maximum atomic E-state index is 2.80. The molecule has 0 bridgehead atoms. The fourth-order valence-electron chi connectivity index (χ4n) is 6.23. The van der Waals surface area contributed by atoms with E-state index < -0.39 is 0 Å². The highest BCUT2D eigenvalue weighted by atomic mass is 32.2. The minimum absolute atomic E-state index is 0.104. The van der Waals surface area contributed by atoms with E-state index in [1.807, 2.05) is 12.1 Å². The third-order valence-corrected chi connectivity index (χ3v) is 9.00. The lowest BCUT2D eigenvalue weighted by Gasteiger charge is -2.57. The zero-order chi connectivity index (χ0) is 22.2. The SMILES string of the molecule is CC(C)N1CCN(C(C)(C)N2C(C)CN(SN3C(C)CN(C)CC3C)CC2C)CC1. The van der Waals surface area contributed by atoms with Crippen LogP contribution in [0, 0.1) is 0 Å². The van der Waals surface area contributed by atoms with Crippen molar-refractivity contribution in [1.82, 2.24) is 28.2 Å². The predicted octanol–water partition coefficient (Wildman–Crippen LogP) is 2.73. The van der Waals surface area contributed by atoms with Crippen LogP contribution in [0.15, 0.2) is 0 Å². The van der Waals surface area contributed by atoms with Gasteiger partial charge in [-0.05, 0) is 62.4 Å². The van der Waals surface area contributed by atoms with Crippen molar-refractivity contribution in [2.45, 2.75) is 91.3 Å². The summed E-state index contributed by atoms with van der Waals surface area (Å²) in [5, 5.41) is 0. The first-order chi connectivity index (χ1) is 14.0. The predicted molar refractivity (Wildman–Crippen MR) is 131 cm³/mol. The maximum Gasteiger partial charge on any atom is 0.0686 e. The Morgan fingerprint density at radius 3 is 1.73 bits per heavy atom. The lowest BCUT2D eigenvalue weighted by molar-refractivity contribution is -0.111. The molecule has 0 amide bonds. The molecule has 4 unspecified atom stereocenters. The fraction of sp³-hybridized carbons (Fsp3) is 1.00. The minimum Gasteiger partial charge on any atom is -0.303 e. The van der Waals surface area contributed by atoms with Crippen molar-refractivity contribution in [1.29, 1.82) is 0 Å². The van der Waals surface area contributed by atoms with E-state index in [4.69, 9.17) is 0 Å². The van der Waals surface area contributed by atoms with E-state index in [9.17, 15) is 0 Å². The Balaban J connectivity index is 1.60. The van der Waals surface area contributed by atoms with Crippen molar-refractivity contribution >= 4 is 12.1 Å². The van der Waals surface area contributed by atoms with Crippen molar-refractivity contribution < 1.29 is 0 Å². The van der Waals surface area contributed by atoms with Crippen LogP contribution in [0.2, 0.25) is 0 Å². The molecule has 6 nitrogen and oxygen atoms in total. The number of nitrogens with zero attached hydrogens (tertiary/aromatic N) is 6. The number of piperazine rings is 3. The third-order valence-electron chi connectivity index (χ3n) is 7.57. The van der Waals surface area contributed by atoms with Gasteiger partial charge in [0.2, 0.25) is 0 Å².